The molecule has 1 aliphatic carbocycles. The fourth-order valence-electron chi connectivity index (χ4n) is 2.53. The number of allylic oxidation sites excluding steroid dienone is 3. The molecule has 0 saturated heterocycles. The molecule has 0 bridgehead atoms. The zero-order valence-electron chi connectivity index (χ0n) is 10.3. The molecule has 0 spiro atoms. The summed E-state index contributed by atoms with van der Waals surface area (Å²) in [6, 6.07) is 0. The smallest absolute Gasteiger partial charge is 0.162 e. The molecule has 0 radical (unpaired) electrons. The Morgan fingerprint density at radius 1 is 1.53 bits per heavy atom. The van der Waals surface area contributed by atoms with Gasteiger partial charge in [-0.15, -0.1) is 0 Å². The predicted octanol–water partition coefficient (Wildman–Crippen LogP) is 3.76. The van der Waals surface area contributed by atoms with Crippen LogP contribution >= 0.6 is 0 Å². The minimum atomic E-state index is 0.0115. The van der Waals surface area contributed by atoms with Gasteiger partial charge in [-0.1, -0.05) is 39.0 Å². The second-order valence-corrected chi connectivity index (χ2v) is 5.34. The third-order valence-electron chi connectivity index (χ3n) is 3.62. The van der Waals surface area contributed by atoms with Gasteiger partial charge in [-0.2, -0.15) is 0 Å². The van der Waals surface area contributed by atoms with E-state index in [2.05, 4.69) is 27.4 Å². The van der Waals surface area contributed by atoms with Crippen molar-refractivity contribution in [3.8, 4) is 0 Å². The molecule has 0 amide bonds. The van der Waals surface area contributed by atoms with Gasteiger partial charge in [-0.3, -0.25) is 4.79 Å². The highest BCUT2D eigenvalue weighted by Gasteiger charge is 2.40. The second kappa shape index (κ2) is 4.34. The Kier molecular flexibility index (Phi) is 3.54. The first-order chi connectivity index (χ1) is 6.90. The molecule has 0 heterocycles. The summed E-state index contributed by atoms with van der Waals surface area (Å²) in [5.41, 5.74) is 1.19. The van der Waals surface area contributed by atoms with Crippen molar-refractivity contribution in [1.82, 2.24) is 0 Å². The standard InChI is InChI=1S/C14H22O/c1-6-7-12(15)13-11(3)10(2)8-9-14(13,4)5/h6-7,10,13H,3,8-9H2,1-2,4-5H3/b7-6+/t10-,13-/m1/s1. The summed E-state index contributed by atoms with van der Waals surface area (Å²) in [7, 11) is 0. The van der Waals surface area contributed by atoms with Crippen LogP contribution in [0, 0.1) is 17.3 Å². The normalized spacial score (nSPS) is 30.8. The Morgan fingerprint density at radius 2 is 2.13 bits per heavy atom. The van der Waals surface area contributed by atoms with Crippen LogP contribution in [0.4, 0.5) is 0 Å². The summed E-state index contributed by atoms with van der Waals surface area (Å²) >= 11 is 0. The Hall–Kier alpha value is -0.850. The molecule has 1 rings (SSSR count). The van der Waals surface area contributed by atoms with E-state index < -0.39 is 0 Å². The van der Waals surface area contributed by atoms with Crippen LogP contribution in [0.3, 0.4) is 0 Å². The molecule has 2 atom stereocenters. The molecule has 0 aromatic rings. The monoisotopic (exact) mass is 206 g/mol. The topological polar surface area (TPSA) is 17.1 Å². The Bertz CT molecular complexity index is 296. The molecule has 1 heteroatoms. The largest absolute Gasteiger partial charge is 0.294 e. The molecule has 0 unspecified atom stereocenters. The molecule has 0 aromatic carbocycles. The lowest BCUT2D eigenvalue weighted by atomic mass is 9.62. The Balaban J connectivity index is 2.98. The number of carbonyl (C=O) groups excluding carboxylic acids is 1. The lowest BCUT2D eigenvalue weighted by molar-refractivity contribution is -0.121. The predicted molar refractivity (Wildman–Crippen MR) is 64.6 cm³/mol. The molecule has 0 aromatic heterocycles. The van der Waals surface area contributed by atoms with Crippen LogP contribution < -0.4 is 0 Å². The summed E-state index contributed by atoms with van der Waals surface area (Å²) in [5, 5.41) is 0. The summed E-state index contributed by atoms with van der Waals surface area (Å²) < 4.78 is 0. The van der Waals surface area contributed by atoms with E-state index in [-0.39, 0.29) is 17.1 Å². The molecule has 0 N–H and O–H groups in total. The second-order valence-electron chi connectivity index (χ2n) is 5.34. The minimum absolute atomic E-state index is 0.0115. The van der Waals surface area contributed by atoms with Crippen molar-refractivity contribution >= 4 is 5.78 Å². The van der Waals surface area contributed by atoms with Crippen LogP contribution in [0.5, 0.6) is 0 Å². The first-order valence-corrected chi connectivity index (χ1v) is 5.75. The molecule has 1 nitrogen and oxygen atoms in total. The number of ketones is 1. The molecule has 84 valence electrons. The van der Waals surface area contributed by atoms with Crippen LogP contribution in [-0.2, 0) is 4.79 Å². The van der Waals surface area contributed by atoms with E-state index in [1.807, 2.05) is 13.0 Å². The first-order valence-electron chi connectivity index (χ1n) is 5.75. The summed E-state index contributed by atoms with van der Waals surface area (Å²) in [5.74, 6) is 0.716. The van der Waals surface area contributed by atoms with Crippen LogP contribution in [0.2, 0.25) is 0 Å². The van der Waals surface area contributed by atoms with Gasteiger partial charge < -0.3 is 0 Å². The van der Waals surface area contributed by atoms with E-state index >= 15 is 0 Å². The maximum Gasteiger partial charge on any atom is 0.162 e. The van der Waals surface area contributed by atoms with Gasteiger partial charge in [0.1, 0.15) is 0 Å². The molecule has 1 fully saturated rings. The lowest BCUT2D eigenvalue weighted by Crippen LogP contribution is -2.37. The zero-order chi connectivity index (χ0) is 11.6. The van der Waals surface area contributed by atoms with Crippen molar-refractivity contribution in [2.45, 2.75) is 40.5 Å². The molecular weight excluding hydrogens is 184 g/mol. The van der Waals surface area contributed by atoms with Gasteiger partial charge in [0.2, 0.25) is 0 Å². The van der Waals surface area contributed by atoms with Crippen LogP contribution in [0.15, 0.2) is 24.3 Å². The number of carbonyl (C=O) groups is 1. The van der Waals surface area contributed by atoms with E-state index in [4.69, 9.17) is 0 Å². The Labute approximate surface area is 93.3 Å². The van der Waals surface area contributed by atoms with Crippen LogP contribution in [0.25, 0.3) is 0 Å². The molecular formula is C14H22O. The van der Waals surface area contributed by atoms with Crippen molar-refractivity contribution in [2.24, 2.45) is 17.3 Å². The van der Waals surface area contributed by atoms with Gasteiger partial charge >= 0.3 is 0 Å². The summed E-state index contributed by atoms with van der Waals surface area (Å²) in [6.07, 6.45) is 5.78. The van der Waals surface area contributed by atoms with Gasteiger partial charge in [-0.05, 0) is 37.2 Å². The van der Waals surface area contributed by atoms with Crippen molar-refractivity contribution < 1.29 is 4.79 Å². The summed E-state index contributed by atoms with van der Waals surface area (Å²) in [6.45, 7) is 12.5. The fourth-order valence-corrected chi connectivity index (χ4v) is 2.53. The maximum atomic E-state index is 12.0. The molecule has 0 aliphatic heterocycles. The maximum absolute atomic E-state index is 12.0. The van der Waals surface area contributed by atoms with Gasteiger partial charge in [0.15, 0.2) is 5.78 Å². The molecule has 15 heavy (non-hydrogen) atoms. The number of rotatable bonds is 2. The lowest BCUT2D eigenvalue weighted by Gasteiger charge is -2.41. The third kappa shape index (κ3) is 2.39. The van der Waals surface area contributed by atoms with Crippen molar-refractivity contribution in [2.75, 3.05) is 0 Å². The first kappa shape index (κ1) is 12.2. The van der Waals surface area contributed by atoms with E-state index in [1.165, 1.54) is 0 Å². The van der Waals surface area contributed by atoms with Crippen LogP contribution in [0.1, 0.15) is 40.5 Å². The van der Waals surface area contributed by atoms with Crippen molar-refractivity contribution in [1.29, 1.82) is 0 Å². The van der Waals surface area contributed by atoms with Gasteiger partial charge in [-0.25, -0.2) is 0 Å². The van der Waals surface area contributed by atoms with E-state index in [0.29, 0.717) is 5.92 Å². The average Bonchev–Trinajstić information content (AvgIpc) is 2.12. The van der Waals surface area contributed by atoms with Gasteiger partial charge in [0, 0.05) is 5.92 Å². The summed E-state index contributed by atoms with van der Waals surface area (Å²) in [4.78, 5) is 12.0. The highest BCUT2D eigenvalue weighted by molar-refractivity contribution is 5.94. The average molecular weight is 206 g/mol. The molecule has 1 aliphatic rings. The van der Waals surface area contributed by atoms with E-state index in [1.54, 1.807) is 6.08 Å². The van der Waals surface area contributed by atoms with Gasteiger partial charge in [0.25, 0.3) is 0 Å². The molecule has 1 saturated carbocycles. The van der Waals surface area contributed by atoms with E-state index in [0.717, 1.165) is 18.4 Å². The SMILES string of the molecule is C=C1[C@H](C(=O)/C=C/C)C(C)(C)CC[C@H]1C. The number of hydrogen-bond donors (Lipinski definition) is 0. The zero-order valence-corrected chi connectivity index (χ0v) is 10.3. The highest BCUT2D eigenvalue weighted by Crippen LogP contribution is 2.46. The quantitative estimate of drug-likeness (QED) is 0.496. The van der Waals surface area contributed by atoms with Crippen molar-refractivity contribution in [3.63, 3.8) is 0 Å². The fraction of sp³-hybridized carbons (Fsp3) is 0.643. The number of hydrogen-bond acceptors (Lipinski definition) is 1. The minimum Gasteiger partial charge on any atom is -0.294 e. The van der Waals surface area contributed by atoms with Crippen LogP contribution in [-0.4, -0.2) is 5.78 Å². The van der Waals surface area contributed by atoms with Gasteiger partial charge in [0.05, 0.1) is 0 Å². The van der Waals surface area contributed by atoms with E-state index in [9.17, 15) is 4.79 Å². The van der Waals surface area contributed by atoms with Crippen molar-refractivity contribution in [3.05, 3.63) is 24.3 Å². The highest BCUT2D eigenvalue weighted by atomic mass is 16.1. The third-order valence-corrected chi connectivity index (χ3v) is 3.62. The Morgan fingerprint density at radius 3 is 2.67 bits per heavy atom.